The van der Waals surface area contributed by atoms with Crippen molar-refractivity contribution in [3.05, 3.63) is 96.1 Å². The molecule has 1 fully saturated rings. The van der Waals surface area contributed by atoms with Crippen LogP contribution in [0.1, 0.15) is 30.4 Å². The molecule has 1 saturated heterocycles. The van der Waals surface area contributed by atoms with Crippen LogP contribution in [0.25, 0.3) is 0 Å². The van der Waals surface area contributed by atoms with E-state index in [1.54, 1.807) is 4.90 Å². The Morgan fingerprint density at radius 2 is 1.62 bits per heavy atom. The van der Waals surface area contributed by atoms with Gasteiger partial charge in [-0.1, -0.05) is 66.7 Å². The van der Waals surface area contributed by atoms with Crippen molar-refractivity contribution in [2.45, 2.75) is 37.8 Å². The highest BCUT2D eigenvalue weighted by Gasteiger charge is 2.46. The smallest absolute Gasteiger partial charge is 0.260 e. The first-order valence-electron chi connectivity index (χ1n) is 13.8. The molecule has 1 spiro atoms. The van der Waals surface area contributed by atoms with Gasteiger partial charge in [-0.25, -0.2) is 0 Å². The van der Waals surface area contributed by atoms with Crippen molar-refractivity contribution in [1.29, 1.82) is 0 Å². The number of benzene rings is 3. The molecule has 39 heavy (non-hydrogen) atoms. The predicted octanol–water partition coefficient (Wildman–Crippen LogP) is 4.50. The average molecular weight is 529 g/mol. The molecule has 3 aromatic carbocycles. The molecule has 7 nitrogen and oxygen atoms in total. The number of amides is 2. The predicted molar refractivity (Wildman–Crippen MR) is 149 cm³/mol. The fraction of sp³-hybridized carbons (Fsp3) is 0.375. The largest absolute Gasteiger partial charge is 0.491 e. The number of carbonyl (C=O) groups excluding carboxylic acids is 2. The lowest BCUT2D eigenvalue weighted by Crippen LogP contribution is -2.62. The van der Waals surface area contributed by atoms with E-state index in [0.29, 0.717) is 45.0 Å². The Labute approximate surface area is 230 Å². The van der Waals surface area contributed by atoms with Crippen molar-refractivity contribution >= 4 is 11.8 Å². The van der Waals surface area contributed by atoms with E-state index in [1.807, 2.05) is 83.8 Å². The molecule has 5 rings (SSSR count). The molecular formula is C32H36N2O5. The molecule has 0 aromatic heterocycles. The van der Waals surface area contributed by atoms with Crippen molar-refractivity contribution < 1.29 is 23.8 Å². The second-order valence-corrected chi connectivity index (χ2v) is 10.1. The topological polar surface area (TPSA) is 68.3 Å². The van der Waals surface area contributed by atoms with Crippen molar-refractivity contribution in [2.24, 2.45) is 0 Å². The second-order valence-electron chi connectivity index (χ2n) is 10.1. The summed E-state index contributed by atoms with van der Waals surface area (Å²) in [6.45, 7) is 2.11. The summed E-state index contributed by atoms with van der Waals surface area (Å²) in [5.74, 6) is 1.28. The Kier molecular flexibility index (Phi) is 8.78. The van der Waals surface area contributed by atoms with Gasteiger partial charge in [-0.15, -0.1) is 0 Å². The summed E-state index contributed by atoms with van der Waals surface area (Å²) in [4.78, 5) is 31.1. The highest BCUT2D eigenvalue weighted by atomic mass is 16.5. The van der Waals surface area contributed by atoms with Crippen LogP contribution in [0.4, 0.5) is 0 Å². The molecule has 7 heteroatoms. The standard InChI is InChI=1S/C32H36N2O5/c35-30(24-38-28-15-5-2-6-16-28)34-20-22-39-32(25-34)18-10-9-14-27-13-7-8-17-29(27)37-21-19-33(31(32)36)23-26-11-3-1-4-12-26/h1-8,11-13,15-17H,9-10,14,18-25H2. The van der Waals surface area contributed by atoms with Crippen LogP contribution in [-0.2, 0) is 27.3 Å². The maximum atomic E-state index is 14.3. The van der Waals surface area contributed by atoms with Gasteiger partial charge in [0.25, 0.3) is 11.8 Å². The van der Waals surface area contributed by atoms with E-state index in [2.05, 4.69) is 6.07 Å². The molecule has 0 bridgehead atoms. The minimum Gasteiger partial charge on any atom is -0.491 e. The summed E-state index contributed by atoms with van der Waals surface area (Å²) in [6, 6.07) is 27.4. The third-order valence-electron chi connectivity index (χ3n) is 7.41. The number of fused-ring (bicyclic) bond motifs is 1. The maximum absolute atomic E-state index is 14.3. The Morgan fingerprint density at radius 1 is 0.872 bits per heavy atom. The maximum Gasteiger partial charge on any atom is 0.260 e. The first kappa shape index (κ1) is 26.8. The molecule has 3 aromatic rings. The quantitative estimate of drug-likeness (QED) is 0.488. The zero-order valence-corrected chi connectivity index (χ0v) is 22.3. The first-order valence-corrected chi connectivity index (χ1v) is 13.8. The van der Waals surface area contributed by atoms with Crippen LogP contribution in [0.15, 0.2) is 84.9 Å². The third-order valence-corrected chi connectivity index (χ3v) is 7.41. The highest BCUT2D eigenvalue weighted by molar-refractivity contribution is 5.87. The number of aryl methyl sites for hydroxylation is 1. The van der Waals surface area contributed by atoms with E-state index in [1.165, 1.54) is 5.56 Å². The van der Waals surface area contributed by atoms with E-state index < -0.39 is 5.60 Å². The van der Waals surface area contributed by atoms with Crippen LogP contribution < -0.4 is 9.47 Å². The molecule has 1 unspecified atom stereocenters. The summed E-state index contributed by atoms with van der Waals surface area (Å²) in [5.41, 5.74) is 1.11. The lowest BCUT2D eigenvalue weighted by atomic mass is 9.90. The molecule has 0 aliphatic carbocycles. The van der Waals surface area contributed by atoms with Crippen molar-refractivity contribution in [2.75, 3.05) is 39.5 Å². The average Bonchev–Trinajstić information content (AvgIpc) is 2.98. The number of carbonyl (C=O) groups is 2. The number of ether oxygens (including phenoxy) is 3. The number of nitrogens with zero attached hydrogens (tertiary/aromatic N) is 2. The Morgan fingerprint density at radius 3 is 2.44 bits per heavy atom. The molecule has 2 aliphatic rings. The van der Waals surface area contributed by atoms with Gasteiger partial charge in [0, 0.05) is 13.1 Å². The number of para-hydroxylation sites is 2. The fourth-order valence-corrected chi connectivity index (χ4v) is 5.33. The number of hydrogen-bond donors (Lipinski definition) is 0. The zero-order chi connectivity index (χ0) is 26.9. The normalized spacial score (nSPS) is 20.4. The van der Waals surface area contributed by atoms with Gasteiger partial charge in [0.2, 0.25) is 0 Å². The van der Waals surface area contributed by atoms with Gasteiger partial charge in [0.15, 0.2) is 12.2 Å². The molecule has 2 amide bonds. The van der Waals surface area contributed by atoms with Crippen LogP contribution in [-0.4, -0.2) is 66.7 Å². The van der Waals surface area contributed by atoms with Crippen LogP contribution in [0.3, 0.4) is 0 Å². The van der Waals surface area contributed by atoms with Crippen LogP contribution >= 0.6 is 0 Å². The SMILES string of the molecule is O=C(COc1ccccc1)N1CCOC2(CCCCc3ccccc3OCCN(Cc3ccccc3)C2=O)C1. The fourth-order valence-electron chi connectivity index (χ4n) is 5.33. The monoisotopic (exact) mass is 528 g/mol. The van der Waals surface area contributed by atoms with E-state index in [0.717, 1.165) is 30.6 Å². The van der Waals surface area contributed by atoms with Crippen molar-refractivity contribution in [1.82, 2.24) is 9.80 Å². The summed E-state index contributed by atoms with van der Waals surface area (Å²) in [6.07, 6.45) is 3.09. The Hall–Kier alpha value is -3.84. The number of hydrogen-bond acceptors (Lipinski definition) is 5. The number of morpholine rings is 1. The lowest BCUT2D eigenvalue weighted by molar-refractivity contribution is -0.177. The minimum absolute atomic E-state index is 0.0767. The van der Waals surface area contributed by atoms with E-state index in [9.17, 15) is 9.59 Å². The van der Waals surface area contributed by atoms with Crippen LogP contribution in [0.2, 0.25) is 0 Å². The zero-order valence-electron chi connectivity index (χ0n) is 22.3. The van der Waals surface area contributed by atoms with Gasteiger partial charge < -0.3 is 24.0 Å². The minimum atomic E-state index is -1.10. The van der Waals surface area contributed by atoms with Gasteiger partial charge in [-0.2, -0.15) is 0 Å². The molecule has 0 saturated carbocycles. The molecule has 1 atom stereocenters. The van der Waals surface area contributed by atoms with Gasteiger partial charge in [-0.05, 0) is 55.0 Å². The van der Waals surface area contributed by atoms with E-state index in [4.69, 9.17) is 14.2 Å². The summed E-state index contributed by atoms with van der Waals surface area (Å²) >= 11 is 0. The van der Waals surface area contributed by atoms with E-state index >= 15 is 0 Å². The van der Waals surface area contributed by atoms with Crippen molar-refractivity contribution in [3.63, 3.8) is 0 Å². The second kappa shape index (κ2) is 12.8. The van der Waals surface area contributed by atoms with Gasteiger partial charge in [-0.3, -0.25) is 9.59 Å². The third kappa shape index (κ3) is 6.79. The highest BCUT2D eigenvalue weighted by Crippen LogP contribution is 2.30. The Bertz CT molecular complexity index is 1240. The molecule has 0 N–H and O–H groups in total. The van der Waals surface area contributed by atoms with E-state index in [-0.39, 0.29) is 25.0 Å². The summed E-state index contributed by atoms with van der Waals surface area (Å²) in [7, 11) is 0. The van der Waals surface area contributed by atoms with Gasteiger partial charge >= 0.3 is 0 Å². The summed E-state index contributed by atoms with van der Waals surface area (Å²) < 4.78 is 18.2. The van der Waals surface area contributed by atoms with Crippen molar-refractivity contribution in [3.8, 4) is 11.5 Å². The molecule has 2 heterocycles. The molecule has 0 radical (unpaired) electrons. The van der Waals surface area contributed by atoms with Gasteiger partial charge in [0.1, 0.15) is 18.1 Å². The van der Waals surface area contributed by atoms with Gasteiger partial charge in [0.05, 0.1) is 19.7 Å². The van der Waals surface area contributed by atoms with Crippen LogP contribution in [0, 0.1) is 0 Å². The molecule has 2 aliphatic heterocycles. The Balaban J connectivity index is 1.37. The number of rotatable bonds is 5. The van der Waals surface area contributed by atoms with Crippen LogP contribution in [0.5, 0.6) is 11.5 Å². The lowest BCUT2D eigenvalue weighted by Gasteiger charge is -2.44. The summed E-state index contributed by atoms with van der Waals surface area (Å²) in [5, 5.41) is 0. The molecular weight excluding hydrogens is 492 g/mol. The molecule has 204 valence electrons. The first-order chi connectivity index (χ1) is 19.1.